The molecule has 3 atom stereocenters. The number of nitrogens with zero attached hydrogens (tertiary/aromatic N) is 1. The molecule has 0 amide bonds. The molecule has 2 nitrogen and oxygen atoms in total. The molecular weight excluding hydrogens is 252 g/mol. The summed E-state index contributed by atoms with van der Waals surface area (Å²) >= 11 is 1.88. The van der Waals surface area contributed by atoms with Crippen molar-refractivity contribution < 1.29 is 0 Å². The molecule has 1 aliphatic heterocycles. The van der Waals surface area contributed by atoms with Crippen LogP contribution in [0, 0.1) is 5.92 Å². The van der Waals surface area contributed by atoms with E-state index in [4.69, 9.17) is 4.99 Å². The Morgan fingerprint density at radius 3 is 2.84 bits per heavy atom. The summed E-state index contributed by atoms with van der Waals surface area (Å²) in [6, 6.07) is 11.6. The number of benzene rings is 1. The summed E-state index contributed by atoms with van der Waals surface area (Å²) in [5.41, 5.74) is 1.34. The van der Waals surface area contributed by atoms with Crippen molar-refractivity contribution in [2.75, 3.05) is 5.75 Å². The molecule has 19 heavy (non-hydrogen) atoms. The Morgan fingerprint density at radius 2 is 2.05 bits per heavy atom. The Balaban J connectivity index is 1.60. The fraction of sp³-hybridized carbons (Fsp3) is 0.562. The van der Waals surface area contributed by atoms with Crippen LogP contribution >= 0.6 is 11.8 Å². The Kier molecular flexibility index (Phi) is 4.12. The molecule has 0 bridgehead atoms. The zero-order valence-corrected chi connectivity index (χ0v) is 12.3. The maximum Gasteiger partial charge on any atom is 0.157 e. The number of aliphatic imine (C=N–C) groups is 1. The van der Waals surface area contributed by atoms with Gasteiger partial charge in [-0.15, -0.1) is 0 Å². The van der Waals surface area contributed by atoms with Crippen LogP contribution in [0.3, 0.4) is 0 Å². The van der Waals surface area contributed by atoms with Gasteiger partial charge in [0.2, 0.25) is 0 Å². The molecule has 3 heteroatoms. The first-order chi connectivity index (χ1) is 9.31. The first-order valence-electron chi connectivity index (χ1n) is 7.33. The van der Waals surface area contributed by atoms with E-state index in [9.17, 15) is 0 Å². The predicted molar refractivity (Wildman–Crippen MR) is 83.6 cm³/mol. The van der Waals surface area contributed by atoms with Gasteiger partial charge in [-0.3, -0.25) is 4.99 Å². The minimum Gasteiger partial charge on any atom is -0.362 e. The lowest BCUT2D eigenvalue weighted by Crippen LogP contribution is -2.36. The number of amidine groups is 1. The fourth-order valence-corrected chi connectivity index (χ4v) is 4.07. The van der Waals surface area contributed by atoms with E-state index >= 15 is 0 Å². The molecule has 1 aromatic carbocycles. The number of rotatable bonds is 2. The second-order valence-corrected chi connectivity index (χ2v) is 6.79. The van der Waals surface area contributed by atoms with Crippen LogP contribution in [-0.2, 0) is 0 Å². The van der Waals surface area contributed by atoms with E-state index in [2.05, 4.69) is 42.6 Å². The number of nitrogens with one attached hydrogen (secondary N) is 1. The summed E-state index contributed by atoms with van der Waals surface area (Å²) in [6.07, 6.45) is 5.36. The summed E-state index contributed by atoms with van der Waals surface area (Å²) in [5.74, 6) is 1.94. The highest BCUT2D eigenvalue weighted by atomic mass is 32.2. The van der Waals surface area contributed by atoms with Crippen molar-refractivity contribution in [2.24, 2.45) is 10.9 Å². The van der Waals surface area contributed by atoms with Crippen molar-refractivity contribution in [3.05, 3.63) is 35.9 Å². The van der Waals surface area contributed by atoms with Crippen LogP contribution in [0.2, 0.25) is 0 Å². The van der Waals surface area contributed by atoms with Crippen LogP contribution in [-0.4, -0.2) is 17.0 Å². The zero-order chi connectivity index (χ0) is 13.1. The molecule has 3 unspecified atom stereocenters. The quantitative estimate of drug-likeness (QED) is 0.881. The number of hydrogen-bond acceptors (Lipinski definition) is 3. The van der Waals surface area contributed by atoms with Crippen LogP contribution in [0.4, 0.5) is 0 Å². The van der Waals surface area contributed by atoms with Gasteiger partial charge in [-0.2, -0.15) is 0 Å². The molecule has 1 fully saturated rings. The van der Waals surface area contributed by atoms with E-state index < -0.39 is 0 Å². The third kappa shape index (κ3) is 3.33. The van der Waals surface area contributed by atoms with Gasteiger partial charge in [0, 0.05) is 11.8 Å². The Morgan fingerprint density at radius 1 is 1.21 bits per heavy atom. The molecule has 1 aliphatic carbocycles. The lowest BCUT2D eigenvalue weighted by atomic mass is 9.87. The Bertz CT molecular complexity index is 443. The lowest BCUT2D eigenvalue weighted by Gasteiger charge is -2.27. The van der Waals surface area contributed by atoms with E-state index in [1.807, 2.05) is 11.8 Å². The first kappa shape index (κ1) is 13.0. The fourth-order valence-electron chi connectivity index (χ4n) is 3.04. The average Bonchev–Trinajstić information content (AvgIpc) is 2.88. The van der Waals surface area contributed by atoms with Crippen LogP contribution in [0.25, 0.3) is 0 Å². The van der Waals surface area contributed by atoms with Gasteiger partial charge in [-0.05, 0) is 24.3 Å². The van der Waals surface area contributed by atoms with Crippen molar-refractivity contribution in [1.29, 1.82) is 0 Å². The van der Waals surface area contributed by atoms with Crippen molar-refractivity contribution in [2.45, 2.75) is 44.7 Å². The van der Waals surface area contributed by atoms with Gasteiger partial charge in [0.05, 0.1) is 6.04 Å². The minimum absolute atomic E-state index is 0.342. The predicted octanol–water partition coefficient (Wildman–Crippen LogP) is 4.00. The Labute approximate surface area is 120 Å². The highest BCUT2D eigenvalue weighted by Crippen LogP contribution is 2.31. The van der Waals surface area contributed by atoms with E-state index in [0.717, 1.165) is 16.8 Å². The minimum atomic E-state index is 0.342. The number of thioether (sulfide) groups is 1. The van der Waals surface area contributed by atoms with Gasteiger partial charge in [-0.1, -0.05) is 61.9 Å². The molecule has 3 rings (SSSR count). The molecule has 1 saturated carbocycles. The third-order valence-corrected chi connectivity index (χ3v) is 5.08. The molecule has 0 spiro atoms. The molecular formula is C16H22N2S. The molecule has 1 N–H and O–H groups in total. The zero-order valence-electron chi connectivity index (χ0n) is 11.5. The Hall–Kier alpha value is -0.960. The second-order valence-electron chi connectivity index (χ2n) is 5.78. The molecule has 102 valence electrons. The van der Waals surface area contributed by atoms with Gasteiger partial charge in [0.25, 0.3) is 0 Å². The van der Waals surface area contributed by atoms with Gasteiger partial charge in [-0.25, -0.2) is 0 Å². The topological polar surface area (TPSA) is 24.4 Å². The first-order valence-corrected chi connectivity index (χ1v) is 8.32. The normalized spacial score (nSPS) is 31.0. The van der Waals surface area contributed by atoms with Crippen LogP contribution in [0.5, 0.6) is 0 Å². The summed E-state index contributed by atoms with van der Waals surface area (Å²) in [6.45, 7) is 2.37. The van der Waals surface area contributed by atoms with E-state index in [0.29, 0.717) is 12.1 Å². The monoisotopic (exact) mass is 274 g/mol. The second kappa shape index (κ2) is 6.00. The number of hydrogen-bond donors (Lipinski definition) is 1. The molecule has 2 aliphatic rings. The third-order valence-electron chi connectivity index (χ3n) is 4.10. The van der Waals surface area contributed by atoms with Gasteiger partial charge < -0.3 is 5.32 Å². The molecule has 0 saturated heterocycles. The van der Waals surface area contributed by atoms with Crippen LogP contribution < -0.4 is 5.32 Å². The summed E-state index contributed by atoms with van der Waals surface area (Å²) < 4.78 is 0. The highest BCUT2D eigenvalue weighted by Gasteiger charge is 2.24. The van der Waals surface area contributed by atoms with Crippen molar-refractivity contribution in [3.8, 4) is 0 Å². The van der Waals surface area contributed by atoms with Crippen LogP contribution in [0.15, 0.2) is 35.3 Å². The largest absolute Gasteiger partial charge is 0.362 e. The highest BCUT2D eigenvalue weighted by molar-refractivity contribution is 8.14. The summed E-state index contributed by atoms with van der Waals surface area (Å²) in [5, 5.41) is 4.82. The maximum atomic E-state index is 4.85. The summed E-state index contributed by atoms with van der Waals surface area (Å²) in [4.78, 5) is 4.85. The molecule has 1 aromatic rings. The molecule has 0 radical (unpaired) electrons. The van der Waals surface area contributed by atoms with Gasteiger partial charge >= 0.3 is 0 Å². The summed E-state index contributed by atoms with van der Waals surface area (Å²) in [7, 11) is 0. The molecule has 1 heterocycles. The smallest absolute Gasteiger partial charge is 0.157 e. The standard InChI is InChI=1S/C16H22N2S/c1-12-6-5-9-14(10-12)17-16-18-15(11-19-16)13-7-3-2-4-8-13/h2-4,7-8,12,14-15H,5-6,9-11H2,1H3,(H,17,18). The van der Waals surface area contributed by atoms with E-state index in [1.165, 1.54) is 31.2 Å². The lowest BCUT2D eigenvalue weighted by molar-refractivity contribution is 0.327. The maximum absolute atomic E-state index is 4.85. The van der Waals surface area contributed by atoms with Crippen molar-refractivity contribution >= 4 is 16.9 Å². The van der Waals surface area contributed by atoms with Crippen molar-refractivity contribution in [3.63, 3.8) is 0 Å². The SMILES string of the molecule is CC1CCCC(NC2=NC(c3ccccc3)CS2)C1. The molecule has 0 aromatic heterocycles. The van der Waals surface area contributed by atoms with Crippen LogP contribution in [0.1, 0.15) is 44.2 Å². The van der Waals surface area contributed by atoms with Crippen molar-refractivity contribution in [1.82, 2.24) is 5.32 Å². The van der Waals surface area contributed by atoms with E-state index in [-0.39, 0.29) is 0 Å². The van der Waals surface area contributed by atoms with E-state index in [1.54, 1.807) is 0 Å². The van der Waals surface area contributed by atoms with Gasteiger partial charge in [0.15, 0.2) is 5.17 Å². The average molecular weight is 274 g/mol. The van der Waals surface area contributed by atoms with Gasteiger partial charge in [0.1, 0.15) is 0 Å².